The molecule has 5 rings (SSSR count). The summed E-state index contributed by atoms with van der Waals surface area (Å²) in [6.45, 7) is 1.48. The van der Waals surface area contributed by atoms with Crippen molar-refractivity contribution >= 4 is 12.0 Å². The van der Waals surface area contributed by atoms with Crippen LogP contribution in [0.2, 0.25) is 0 Å². The third-order valence-electron chi connectivity index (χ3n) is 6.90. The molecule has 3 heterocycles. The highest BCUT2D eigenvalue weighted by Gasteiger charge is 2.58. The minimum Gasteiger partial charge on any atom is -0.508 e. The van der Waals surface area contributed by atoms with E-state index in [9.17, 15) is 19.1 Å². The van der Waals surface area contributed by atoms with Crippen LogP contribution in [0.5, 0.6) is 11.5 Å². The number of likely N-dealkylation sites (tertiary alicyclic amines) is 1. The Bertz CT molecular complexity index is 1110. The fourth-order valence-corrected chi connectivity index (χ4v) is 5.58. The molecule has 3 aliphatic heterocycles. The molecule has 9 nitrogen and oxygen atoms in total. The van der Waals surface area contributed by atoms with Crippen molar-refractivity contribution in [3.63, 3.8) is 0 Å². The lowest BCUT2D eigenvalue weighted by molar-refractivity contribution is -0.146. The molecule has 10 heteroatoms. The van der Waals surface area contributed by atoms with Gasteiger partial charge in [0.25, 0.3) is 5.91 Å². The number of halogens is 1. The normalized spacial score (nSPS) is 25.4. The molecule has 2 aromatic rings. The lowest BCUT2D eigenvalue weighted by atomic mass is 9.84. The molecule has 2 aromatic carbocycles. The van der Waals surface area contributed by atoms with Gasteiger partial charge in [0.05, 0.1) is 25.8 Å². The predicted octanol–water partition coefficient (Wildman–Crippen LogP) is 2.53. The molecule has 3 aliphatic rings. The van der Waals surface area contributed by atoms with Crippen molar-refractivity contribution in [2.24, 2.45) is 11.7 Å². The standard InChI is InChI=1S/C24H27FN4O5/c1-33-24(32)29-20(14-5-4-6-16(30)11-14)18-13-34-19-8-7-15(25)12-17(19)21(18)28(29)23(22(26)31)27-9-2-3-10-27/h4-8,11-12,18,20-21,23,30H,2-3,9-10,13H2,1H3,(H2,26,31)/t18-,20-,21?,23?/m1/s1. The summed E-state index contributed by atoms with van der Waals surface area (Å²) >= 11 is 0. The Balaban J connectivity index is 1.73. The van der Waals surface area contributed by atoms with Crippen molar-refractivity contribution in [1.82, 2.24) is 14.9 Å². The van der Waals surface area contributed by atoms with Gasteiger partial charge in [-0.05, 0) is 48.7 Å². The monoisotopic (exact) mass is 470 g/mol. The fraction of sp³-hybridized carbons (Fsp3) is 0.417. The molecule has 34 heavy (non-hydrogen) atoms. The van der Waals surface area contributed by atoms with E-state index in [2.05, 4.69) is 0 Å². The summed E-state index contributed by atoms with van der Waals surface area (Å²) in [5.41, 5.74) is 7.10. The zero-order valence-corrected chi connectivity index (χ0v) is 18.8. The van der Waals surface area contributed by atoms with Gasteiger partial charge in [-0.25, -0.2) is 14.2 Å². The van der Waals surface area contributed by atoms with E-state index in [-0.39, 0.29) is 18.3 Å². The molecule has 180 valence electrons. The fourth-order valence-electron chi connectivity index (χ4n) is 5.58. The number of primary amides is 1. The van der Waals surface area contributed by atoms with Crippen LogP contribution < -0.4 is 10.5 Å². The number of carbonyl (C=O) groups is 2. The number of nitrogens with two attached hydrogens (primary N) is 1. The molecule has 0 aliphatic carbocycles. The Kier molecular flexibility index (Phi) is 5.78. The van der Waals surface area contributed by atoms with Crippen molar-refractivity contribution in [3.05, 3.63) is 59.4 Å². The Morgan fingerprint density at radius 1 is 1.18 bits per heavy atom. The summed E-state index contributed by atoms with van der Waals surface area (Å²) in [5.74, 6) is -0.939. The van der Waals surface area contributed by atoms with Gasteiger partial charge in [-0.1, -0.05) is 12.1 Å². The number of hydrogen-bond acceptors (Lipinski definition) is 7. The van der Waals surface area contributed by atoms with Crippen molar-refractivity contribution in [2.45, 2.75) is 31.1 Å². The second-order valence-electron chi connectivity index (χ2n) is 8.86. The number of amides is 2. The number of aromatic hydroxyl groups is 1. The number of ether oxygens (including phenoxy) is 2. The number of methoxy groups -OCH3 is 1. The summed E-state index contributed by atoms with van der Waals surface area (Å²) in [4.78, 5) is 28.1. The maximum Gasteiger partial charge on any atom is 0.424 e. The number of carbonyl (C=O) groups excluding carboxylic acids is 2. The van der Waals surface area contributed by atoms with E-state index < -0.39 is 36.1 Å². The van der Waals surface area contributed by atoms with E-state index in [0.717, 1.165) is 12.8 Å². The Morgan fingerprint density at radius 3 is 2.62 bits per heavy atom. The number of nitrogens with zero attached hydrogens (tertiary/aromatic N) is 3. The highest BCUT2D eigenvalue weighted by Crippen LogP contribution is 2.54. The third-order valence-corrected chi connectivity index (χ3v) is 6.90. The third kappa shape index (κ3) is 3.63. The zero-order valence-electron chi connectivity index (χ0n) is 18.8. The molecule has 3 N–H and O–H groups in total. The molecule has 0 bridgehead atoms. The molecule has 4 atom stereocenters. The first-order valence-electron chi connectivity index (χ1n) is 11.3. The molecule has 2 fully saturated rings. The highest BCUT2D eigenvalue weighted by atomic mass is 19.1. The van der Waals surface area contributed by atoms with E-state index in [0.29, 0.717) is 30.0 Å². The van der Waals surface area contributed by atoms with Crippen molar-refractivity contribution in [2.75, 3.05) is 26.8 Å². The van der Waals surface area contributed by atoms with Crippen molar-refractivity contribution < 1.29 is 28.6 Å². The van der Waals surface area contributed by atoms with Crippen LogP contribution in [0.3, 0.4) is 0 Å². The summed E-state index contributed by atoms with van der Waals surface area (Å²) in [6.07, 6.45) is 0.152. The van der Waals surface area contributed by atoms with Gasteiger partial charge in [-0.3, -0.25) is 9.69 Å². The Hall–Kier alpha value is -3.37. The Labute approximate surface area is 196 Å². The molecule has 2 saturated heterocycles. The summed E-state index contributed by atoms with van der Waals surface area (Å²) in [7, 11) is 1.27. The van der Waals surface area contributed by atoms with E-state index in [1.54, 1.807) is 29.3 Å². The van der Waals surface area contributed by atoms with Crippen LogP contribution in [0.1, 0.15) is 36.1 Å². The van der Waals surface area contributed by atoms with Crippen LogP contribution in [0.4, 0.5) is 9.18 Å². The lowest BCUT2D eigenvalue weighted by Gasteiger charge is -2.42. The lowest BCUT2D eigenvalue weighted by Crippen LogP contribution is -2.60. The zero-order chi connectivity index (χ0) is 24.0. The molecule has 0 spiro atoms. The SMILES string of the molecule is COC(=O)N1[C@H](c2cccc(O)c2)[C@H]2COc3ccc(F)cc3C2N1C(C(N)=O)N1CCCC1. The van der Waals surface area contributed by atoms with Crippen molar-refractivity contribution in [3.8, 4) is 11.5 Å². The number of hydrogen-bond donors (Lipinski definition) is 2. The van der Waals surface area contributed by atoms with Crippen LogP contribution in [-0.2, 0) is 9.53 Å². The number of benzene rings is 2. The van der Waals surface area contributed by atoms with Crippen LogP contribution in [0, 0.1) is 11.7 Å². The molecule has 2 unspecified atom stereocenters. The second kappa shape index (κ2) is 8.77. The molecule has 0 radical (unpaired) electrons. The number of rotatable bonds is 4. The van der Waals surface area contributed by atoms with Crippen LogP contribution >= 0.6 is 0 Å². The molecular formula is C24H27FN4O5. The largest absolute Gasteiger partial charge is 0.508 e. The maximum atomic E-state index is 14.4. The van der Waals surface area contributed by atoms with E-state index in [1.807, 2.05) is 4.90 Å². The van der Waals surface area contributed by atoms with Gasteiger partial charge < -0.3 is 20.3 Å². The molecule has 2 amide bonds. The summed E-state index contributed by atoms with van der Waals surface area (Å²) in [5, 5.41) is 13.2. The average Bonchev–Trinajstić information content (AvgIpc) is 3.45. The first-order chi connectivity index (χ1) is 16.4. The van der Waals surface area contributed by atoms with Gasteiger partial charge in [-0.15, -0.1) is 0 Å². The minimum atomic E-state index is -0.953. The summed E-state index contributed by atoms with van der Waals surface area (Å²) < 4.78 is 25.6. The maximum absolute atomic E-state index is 14.4. The van der Waals surface area contributed by atoms with E-state index >= 15 is 0 Å². The molecule has 0 aromatic heterocycles. The number of phenolic OH excluding ortho intramolecular Hbond substituents is 1. The van der Waals surface area contributed by atoms with Gasteiger partial charge in [0, 0.05) is 24.6 Å². The molecule has 0 saturated carbocycles. The number of fused-ring (bicyclic) bond motifs is 3. The summed E-state index contributed by atoms with van der Waals surface area (Å²) in [6, 6.07) is 9.58. The second-order valence-corrected chi connectivity index (χ2v) is 8.86. The van der Waals surface area contributed by atoms with Gasteiger partial charge in [-0.2, -0.15) is 5.01 Å². The van der Waals surface area contributed by atoms with E-state index in [4.69, 9.17) is 15.2 Å². The van der Waals surface area contributed by atoms with Gasteiger partial charge in [0.15, 0.2) is 6.17 Å². The van der Waals surface area contributed by atoms with Gasteiger partial charge in [0.1, 0.15) is 17.3 Å². The average molecular weight is 471 g/mol. The van der Waals surface area contributed by atoms with Crippen LogP contribution in [0.25, 0.3) is 0 Å². The Morgan fingerprint density at radius 2 is 1.94 bits per heavy atom. The van der Waals surface area contributed by atoms with Crippen LogP contribution in [-0.4, -0.2) is 65.0 Å². The smallest absolute Gasteiger partial charge is 0.424 e. The minimum absolute atomic E-state index is 0.0338. The van der Waals surface area contributed by atoms with Crippen LogP contribution in [0.15, 0.2) is 42.5 Å². The first kappa shape index (κ1) is 22.4. The predicted molar refractivity (Wildman–Crippen MR) is 119 cm³/mol. The van der Waals surface area contributed by atoms with Crippen molar-refractivity contribution in [1.29, 1.82) is 0 Å². The highest BCUT2D eigenvalue weighted by molar-refractivity contribution is 5.80. The number of phenols is 1. The quantitative estimate of drug-likeness (QED) is 0.707. The molecular weight excluding hydrogens is 443 g/mol. The van der Waals surface area contributed by atoms with Gasteiger partial charge >= 0.3 is 6.09 Å². The van der Waals surface area contributed by atoms with Gasteiger partial charge in [0.2, 0.25) is 0 Å². The van der Waals surface area contributed by atoms with E-state index in [1.165, 1.54) is 30.3 Å². The number of hydrazine groups is 1. The first-order valence-corrected chi connectivity index (χ1v) is 11.3. The topological polar surface area (TPSA) is 109 Å².